The number of fused-ring (bicyclic) bond motifs is 1. The minimum atomic E-state index is 0.583. The molecule has 0 amide bonds. The van der Waals surface area contributed by atoms with E-state index in [1.165, 1.54) is 25.1 Å². The van der Waals surface area contributed by atoms with Gasteiger partial charge in [-0.15, -0.1) is 5.10 Å². The van der Waals surface area contributed by atoms with Gasteiger partial charge in [-0.05, 0) is 67.8 Å². The standard InChI is InChI=1S/C28H31ClN4O/c29-23-15-13-22(14-16-23)21-33-27-12-5-4-11-26(27)28(31-33)34-19-7-18-32-17-6-10-25(32)20-30-24-8-2-1-3-9-24/h1-5,8-9,11-16,25,30H,6-7,10,17-21H2. The Kier molecular flexibility index (Phi) is 7.32. The molecule has 0 spiro atoms. The van der Waals surface area contributed by atoms with Crippen LogP contribution in [-0.4, -0.2) is 47.0 Å². The van der Waals surface area contributed by atoms with Crippen LogP contribution in [-0.2, 0) is 6.54 Å². The average Bonchev–Trinajstić information content (AvgIpc) is 3.47. The smallest absolute Gasteiger partial charge is 0.240 e. The first-order valence-corrected chi connectivity index (χ1v) is 12.5. The topological polar surface area (TPSA) is 42.3 Å². The van der Waals surface area contributed by atoms with Crippen LogP contribution in [0.2, 0.25) is 5.02 Å². The summed E-state index contributed by atoms with van der Waals surface area (Å²) in [5.41, 5.74) is 3.44. The van der Waals surface area contributed by atoms with Gasteiger partial charge in [-0.3, -0.25) is 9.58 Å². The third kappa shape index (κ3) is 5.54. The summed E-state index contributed by atoms with van der Waals surface area (Å²) in [4.78, 5) is 2.59. The first kappa shape index (κ1) is 22.8. The molecule has 4 aromatic rings. The number of halogens is 1. The Bertz CT molecular complexity index is 1190. The van der Waals surface area contributed by atoms with Gasteiger partial charge in [0.2, 0.25) is 5.88 Å². The number of ether oxygens (including phenoxy) is 1. The molecule has 2 heterocycles. The van der Waals surface area contributed by atoms with Crippen LogP contribution in [0.5, 0.6) is 5.88 Å². The van der Waals surface area contributed by atoms with Crippen molar-refractivity contribution in [3.8, 4) is 5.88 Å². The van der Waals surface area contributed by atoms with Crippen molar-refractivity contribution in [3.05, 3.63) is 89.4 Å². The van der Waals surface area contributed by atoms with Crippen LogP contribution < -0.4 is 10.1 Å². The molecule has 0 bridgehead atoms. The van der Waals surface area contributed by atoms with Gasteiger partial charge >= 0.3 is 0 Å². The number of para-hydroxylation sites is 2. The van der Waals surface area contributed by atoms with E-state index in [0.717, 1.165) is 41.0 Å². The summed E-state index contributed by atoms with van der Waals surface area (Å²) in [6.07, 6.45) is 3.50. The molecule has 1 unspecified atom stereocenters. The van der Waals surface area contributed by atoms with Crippen LogP contribution in [0.15, 0.2) is 78.9 Å². The minimum absolute atomic E-state index is 0.583. The number of nitrogens with one attached hydrogen (secondary N) is 1. The third-order valence-corrected chi connectivity index (χ3v) is 6.76. The van der Waals surface area contributed by atoms with E-state index in [2.05, 4.69) is 52.7 Å². The molecule has 5 nitrogen and oxygen atoms in total. The third-order valence-electron chi connectivity index (χ3n) is 6.51. The second-order valence-electron chi connectivity index (χ2n) is 8.89. The molecule has 1 aliphatic heterocycles. The van der Waals surface area contributed by atoms with Crippen molar-refractivity contribution < 1.29 is 4.74 Å². The molecule has 3 aromatic carbocycles. The van der Waals surface area contributed by atoms with Gasteiger partial charge in [0.05, 0.1) is 24.1 Å². The van der Waals surface area contributed by atoms with E-state index in [0.29, 0.717) is 25.1 Å². The number of hydrogen-bond donors (Lipinski definition) is 1. The van der Waals surface area contributed by atoms with Crippen molar-refractivity contribution >= 4 is 28.2 Å². The molecule has 0 aliphatic carbocycles. The molecular weight excluding hydrogens is 444 g/mol. The minimum Gasteiger partial charge on any atom is -0.476 e. The summed E-state index contributed by atoms with van der Waals surface area (Å²) in [5.74, 6) is 0.716. The number of benzene rings is 3. The summed E-state index contributed by atoms with van der Waals surface area (Å²) >= 11 is 6.04. The van der Waals surface area contributed by atoms with E-state index in [1.54, 1.807) is 0 Å². The summed E-state index contributed by atoms with van der Waals surface area (Å²) in [5, 5.41) is 10.2. The number of likely N-dealkylation sites (tertiary alicyclic amines) is 1. The lowest BCUT2D eigenvalue weighted by Crippen LogP contribution is -2.36. The first-order valence-electron chi connectivity index (χ1n) is 12.1. The Balaban J connectivity index is 1.15. The highest BCUT2D eigenvalue weighted by molar-refractivity contribution is 6.30. The number of rotatable bonds is 10. The lowest BCUT2D eigenvalue weighted by molar-refractivity contribution is 0.223. The first-order chi connectivity index (χ1) is 16.8. The average molecular weight is 475 g/mol. The van der Waals surface area contributed by atoms with Gasteiger partial charge in [-0.25, -0.2) is 0 Å². The molecule has 1 N–H and O–H groups in total. The second-order valence-corrected chi connectivity index (χ2v) is 9.32. The zero-order valence-electron chi connectivity index (χ0n) is 19.4. The molecule has 6 heteroatoms. The Hall–Kier alpha value is -3.02. The summed E-state index contributed by atoms with van der Waals surface area (Å²) < 4.78 is 8.20. The van der Waals surface area contributed by atoms with Crippen molar-refractivity contribution in [1.82, 2.24) is 14.7 Å². The van der Waals surface area contributed by atoms with E-state index in [9.17, 15) is 0 Å². The highest BCUT2D eigenvalue weighted by atomic mass is 35.5. The van der Waals surface area contributed by atoms with E-state index < -0.39 is 0 Å². The van der Waals surface area contributed by atoms with Crippen molar-refractivity contribution in [3.63, 3.8) is 0 Å². The van der Waals surface area contributed by atoms with Crippen LogP contribution in [0.3, 0.4) is 0 Å². The van der Waals surface area contributed by atoms with Crippen LogP contribution >= 0.6 is 11.6 Å². The predicted molar refractivity (Wildman–Crippen MR) is 140 cm³/mol. The fraction of sp³-hybridized carbons (Fsp3) is 0.321. The van der Waals surface area contributed by atoms with Crippen LogP contribution in [0.4, 0.5) is 5.69 Å². The Morgan fingerprint density at radius 1 is 0.971 bits per heavy atom. The van der Waals surface area contributed by atoms with Gasteiger partial charge in [-0.1, -0.05) is 54.1 Å². The predicted octanol–water partition coefficient (Wildman–Crippen LogP) is 6.08. The number of anilines is 1. The van der Waals surface area contributed by atoms with Gasteiger partial charge in [0, 0.05) is 29.8 Å². The molecule has 1 fully saturated rings. The maximum atomic E-state index is 6.19. The van der Waals surface area contributed by atoms with E-state index in [4.69, 9.17) is 21.4 Å². The maximum Gasteiger partial charge on any atom is 0.240 e. The lowest BCUT2D eigenvalue weighted by Gasteiger charge is -2.25. The largest absolute Gasteiger partial charge is 0.476 e. The van der Waals surface area contributed by atoms with Gasteiger partial charge in [0.25, 0.3) is 0 Å². The molecule has 1 atom stereocenters. The monoisotopic (exact) mass is 474 g/mol. The van der Waals surface area contributed by atoms with Crippen LogP contribution in [0.1, 0.15) is 24.8 Å². The van der Waals surface area contributed by atoms with Crippen LogP contribution in [0, 0.1) is 0 Å². The van der Waals surface area contributed by atoms with E-state index in [-0.39, 0.29) is 0 Å². The number of nitrogens with zero attached hydrogens (tertiary/aromatic N) is 3. The molecule has 5 rings (SSSR count). The van der Waals surface area contributed by atoms with Crippen molar-refractivity contribution in [1.29, 1.82) is 0 Å². The lowest BCUT2D eigenvalue weighted by atomic mass is 10.2. The van der Waals surface area contributed by atoms with Gasteiger partial charge < -0.3 is 10.1 Å². The molecule has 1 aliphatic rings. The van der Waals surface area contributed by atoms with Crippen molar-refractivity contribution in [2.75, 3.05) is 31.6 Å². The molecule has 1 aromatic heterocycles. The maximum absolute atomic E-state index is 6.19. The molecule has 176 valence electrons. The molecule has 34 heavy (non-hydrogen) atoms. The Labute approximate surface area is 206 Å². The van der Waals surface area contributed by atoms with Crippen LogP contribution in [0.25, 0.3) is 10.9 Å². The zero-order chi connectivity index (χ0) is 23.2. The summed E-state index contributed by atoms with van der Waals surface area (Å²) in [6.45, 7) is 4.55. The fourth-order valence-electron chi connectivity index (χ4n) is 4.74. The summed E-state index contributed by atoms with van der Waals surface area (Å²) in [6, 6.07) is 27.2. The number of hydrogen-bond acceptors (Lipinski definition) is 4. The van der Waals surface area contributed by atoms with Crippen molar-refractivity contribution in [2.24, 2.45) is 0 Å². The normalized spacial score (nSPS) is 16.2. The van der Waals surface area contributed by atoms with Gasteiger partial charge in [-0.2, -0.15) is 0 Å². The zero-order valence-corrected chi connectivity index (χ0v) is 20.1. The summed E-state index contributed by atoms with van der Waals surface area (Å²) in [7, 11) is 0. The van der Waals surface area contributed by atoms with Crippen molar-refractivity contribution in [2.45, 2.75) is 31.8 Å². The second kappa shape index (κ2) is 10.9. The number of aromatic nitrogens is 2. The molecular formula is C28H31ClN4O. The molecule has 0 saturated carbocycles. The Morgan fingerprint density at radius 2 is 1.76 bits per heavy atom. The van der Waals surface area contributed by atoms with E-state index >= 15 is 0 Å². The Morgan fingerprint density at radius 3 is 2.62 bits per heavy atom. The highest BCUT2D eigenvalue weighted by Gasteiger charge is 2.23. The molecule has 0 radical (unpaired) electrons. The quantitative estimate of drug-likeness (QED) is 0.283. The fourth-order valence-corrected chi connectivity index (χ4v) is 4.86. The van der Waals surface area contributed by atoms with E-state index in [1.807, 2.05) is 41.1 Å². The SMILES string of the molecule is Clc1ccc(Cn2nc(OCCCN3CCCC3CNc3ccccc3)c3ccccc32)cc1. The van der Waals surface area contributed by atoms with Gasteiger partial charge in [0.15, 0.2) is 0 Å². The molecule has 1 saturated heterocycles. The van der Waals surface area contributed by atoms with Gasteiger partial charge in [0.1, 0.15) is 0 Å². The highest BCUT2D eigenvalue weighted by Crippen LogP contribution is 2.26.